The molecule has 0 bridgehead atoms. The lowest BCUT2D eigenvalue weighted by molar-refractivity contribution is 0.562. The van der Waals surface area contributed by atoms with Crippen LogP contribution in [0.5, 0.6) is 0 Å². The van der Waals surface area contributed by atoms with Crippen molar-refractivity contribution in [2.24, 2.45) is 9.98 Å². The van der Waals surface area contributed by atoms with E-state index in [-0.39, 0.29) is 10.1 Å². The van der Waals surface area contributed by atoms with Gasteiger partial charge in [-0.2, -0.15) is 9.98 Å². The summed E-state index contributed by atoms with van der Waals surface area (Å²) in [4.78, 5) is 26.6. The number of aliphatic imine (C=N–C) groups is 2. The molecule has 0 spiro atoms. The summed E-state index contributed by atoms with van der Waals surface area (Å²) >= 11 is 2.84. The van der Waals surface area contributed by atoms with Gasteiger partial charge in [-0.15, -0.1) is 11.8 Å². The molecule has 1 rings (SSSR count). The average molecular weight is 188 g/mol. The number of isocyanates is 2. The average Bonchev–Trinajstić information content (AvgIpc) is 2.38. The Morgan fingerprint density at radius 1 is 1.27 bits per heavy atom. The van der Waals surface area contributed by atoms with Crippen LogP contribution in [0.1, 0.15) is 0 Å². The molecule has 11 heavy (non-hydrogen) atoms. The summed E-state index contributed by atoms with van der Waals surface area (Å²) in [5.41, 5.74) is 0. The summed E-state index contributed by atoms with van der Waals surface area (Å²) in [5.74, 6) is 0.704. The smallest absolute Gasteiger partial charge is 0.211 e. The van der Waals surface area contributed by atoms with Crippen LogP contribution in [-0.4, -0.2) is 28.0 Å². The van der Waals surface area contributed by atoms with E-state index in [9.17, 15) is 9.59 Å². The highest BCUT2D eigenvalue weighted by atomic mass is 32.2. The zero-order valence-corrected chi connectivity index (χ0v) is 7.02. The molecule has 0 radical (unpaired) electrons. The molecule has 1 saturated heterocycles. The number of nitrogens with zero attached hydrogens (tertiary/aromatic N) is 2. The minimum atomic E-state index is -0.144. The van der Waals surface area contributed by atoms with E-state index < -0.39 is 0 Å². The predicted molar refractivity (Wildman–Crippen MR) is 43.9 cm³/mol. The van der Waals surface area contributed by atoms with Crippen molar-refractivity contribution < 1.29 is 9.59 Å². The maximum absolute atomic E-state index is 9.80. The normalized spacial score (nSPS) is 28.7. The molecule has 0 aromatic rings. The van der Waals surface area contributed by atoms with E-state index in [2.05, 4.69) is 9.98 Å². The van der Waals surface area contributed by atoms with Crippen molar-refractivity contribution in [3.05, 3.63) is 0 Å². The van der Waals surface area contributed by atoms with Crippen molar-refractivity contribution in [2.75, 3.05) is 5.75 Å². The van der Waals surface area contributed by atoms with Crippen LogP contribution in [0.15, 0.2) is 9.98 Å². The minimum absolute atomic E-state index is 0.0976. The first-order valence-corrected chi connectivity index (χ1v) is 4.77. The van der Waals surface area contributed by atoms with E-state index in [4.69, 9.17) is 0 Å². The fourth-order valence-corrected chi connectivity index (χ4v) is 3.10. The minimum Gasteiger partial charge on any atom is -0.211 e. The van der Waals surface area contributed by atoms with Crippen molar-refractivity contribution in [3.8, 4) is 0 Å². The van der Waals surface area contributed by atoms with Gasteiger partial charge in [0.15, 0.2) is 4.71 Å². The van der Waals surface area contributed by atoms with Gasteiger partial charge in [0.05, 0.1) is 0 Å². The standard InChI is InChI=1S/C5H4N2O2S2/c8-2-6-4-1-10-5(11-4)7-3-9/h4-5H,1H2. The van der Waals surface area contributed by atoms with Crippen molar-refractivity contribution in [1.29, 1.82) is 0 Å². The van der Waals surface area contributed by atoms with Gasteiger partial charge in [0.25, 0.3) is 0 Å². The molecule has 1 heterocycles. The number of carbonyl (C=O) groups excluding carboxylic acids is 2. The number of hydrogen-bond acceptors (Lipinski definition) is 6. The number of hydrogen-bond donors (Lipinski definition) is 0. The topological polar surface area (TPSA) is 58.9 Å². The summed E-state index contributed by atoms with van der Waals surface area (Å²) < 4.78 is -0.144. The van der Waals surface area contributed by atoms with Crippen LogP contribution in [0.4, 0.5) is 0 Å². The Labute approximate surface area is 71.6 Å². The van der Waals surface area contributed by atoms with E-state index in [1.54, 1.807) is 0 Å². The van der Waals surface area contributed by atoms with Gasteiger partial charge in [-0.05, 0) is 0 Å². The third kappa shape index (κ3) is 2.52. The molecule has 6 heteroatoms. The van der Waals surface area contributed by atoms with Crippen LogP contribution in [0, 0.1) is 0 Å². The molecule has 0 aromatic heterocycles. The molecule has 0 N–H and O–H groups in total. The lowest BCUT2D eigenvalue weighted by atomic mass is 10.8. The first-order chi connectivity index (χ1) is 5.36. The van der Waals surface area contributed by atoms with Crippen LogP contribution in [0.3, 0.4) is 0 Å². The number of thioether (sulfide) groups is 2. The van der Waals surface area contributed by atoms with Crippen LogP contribution >= 0.6 is 23.5 Å². The third-order valence-electron chi connectivity index (χ3n) is 1.01. The predicted octanol–water partition coefficient (Wildman–Crippen LogP) is 0.748. The summed E-state index contributed by atoms with van der Waals surface area (Å²) in [6, 6.07) is 0. The summed E-state index contributed by atoms with van der Waals surface area (Å²) in [7, 11) is 0. The Bertz CT molecular complexity index is 209. The molecule has 58 valence electrons. The van der Waals surface area contributed by atoms with Crippen LogP contribution < -0.4 is 0 Å². The van der Waals surface area contributed by atoms with Crippen LogP contribution in [0.25, 0.3) is 0 Å². The Kier molecular flexibility index (Phi) is 3.39. The highest BCUT2D eigenvalue weighted by Crippen LogP contribution is 2.38. The van der Waals surface area contributed by atoms with Crippen molar-refractivity contribution in [3.63, 3.8) is 0 Å². The SMILES string of the molecule is O=C=NC1CSC(N=C=O)S1. The maximum Gasteiger partial charge on any atom is 0.236 e. The molecule has 0 amide bonds. The highest BCUT2D eigenvalue weighted by Gasteiger charge is 2.24. The van der Waals surface area contributed by atoms with E-state index in [0.29, 0.717) is 5.75 Å². The van der Waals surface area contributed by atoms with E-state index in [1.807, 2.05) is 0 Å². The van der Waals surface area contributed by atoms with Crippen LogP contribution in [0.2, 0.25) is 0 Å². The van der Waals surface area contributed by atoms with Gasteiger partial charge in [-0.3, -0.25) is 0 Å². The summed E-state index contributed by atoms with van der Waals surface area (Å²) in [6.45, 7) is 0. The van der Waals surface area contributed by atoms with Gasteiger partial charge < -0.3 is 0 Å². The van der Waals surface area contributed by atoms with E-state index in [1.165, 1.54) is 35.7 Å². The lowest BCUT2D eigenvalue weighted by Crippen LogP contribution is -1.94. The fraction of sp³-hybridized carbons (Fsp3) is 0.600. The van der Waals surface area contributed by atoms with Gasteiger partial charge >= 0.3 is 0 Å². The second-order valence-corrected chi connectivity index (χ2v) is 4.35. The molecular weight excluding hydrogens is 184 g/mol. The molecule has 1 aliphatic heterocycles. The van der Waals surface area contributed by atoms with Gasteiger partial charge in [0.2, 0.25) is 12.2 Å². The molecule has 2 unspecified atom stereocenters. The lowest BCUT2D eigenvalue weighted by Gasteiger charge is -1.95. The first kappa shape index (κ1) is 8.56. The maximum atomic E-state index is 9.80. The molecule has 4 nitrogen and oxygen atoms in total. The monoisotopic (exact) mass is 188 g/mol. The zero-order valence-electron chi connectivity index (χ0n) is 5.39. The largest absolute Gasteiger partial charge is 0.236 e. The molecule has 1 fully saturated rings. The molecule has 0 aliphatic carbocycles. The van der Waals surface area contributed by atoms with Crippen molar-refractivity contribution in [1.82, 2.24) is 0 Å². The second kappa shape index (κ2) is 4.36. The molecule has 0 saturated carbocycles. The van der Waals surface area contributed by atoms with Gasteiger partial charge in [-0.25, -0.2) is 9.59 Å². The Balaban J connectivity index is 2.46. The quantitative estimate of drug-likeness (QED) is 0.474. The highest BCUT2D eigenvalue weighted by molar-refractivity contribution is 8.20. The van der Waals surface area contributed by atoms with E-state index in [0.717, 1.165) is 0 Å². The third-order valence-corrected chi connectivity index (χ3v) is 3.79. The Morgan fingerprint density at radius 2 is 2.00 bits per heavy atom. The Hall–Kier alpha value is -0.540. The van der Waals surface area contributed by atoms with Crippen molar-refractivity contribution >= 4 is 35.7 Å². The number of rotatable bonds is 2. The van der Waals surface area contributed by atoms with Gasteiger partial charge in [0.1, 0.15) is 5.37 Å². The van der Waals surface area contributed by atoms with Gasteiger partial charge in [0, 0.05) is 5.75 Å². The molecular formula is C5H4N2O2S2. The first-order valence-electron chi connectivity index (χ1n) is 2.78. The fourth-order valence-electron chi connectivity index (χ4n) is 0.615. The summed E-state index contributed by atoms with van der Waals surface area (Å²) in [6.07, 6.45) is 2.94. The summed E-state index contributed by atoms with van der Waals surface area (Å²) in [5, 5.41) is -0.0976. The molecule has 2 atom stereocenters. The van der Waals surface area contributed by atoms with Crippen molar-refractivity contribution in [2.45, 2.75) is 10.1 Å². The zero-order chi connectivity index (χ0) is 8.10. The molecule has 0 aromatic carbocycles. The molecule has 1 aliphatic rings. The van der Waals surface area contributed by atoms with Gasteiger partial charge in [-0.1, -0.05) is 11.8 Å². The van der Waals surface area contributed by atoms with Crippen LogP contribution in [-0.2, 0) is 9.59 Å². The Morgan fingerprint density at radius 3 is 2.64 bits per heavy atom. The van der Waals surface area contributed by atoms with E-state index >= 15 is 0 Å². The second-order valence-electron chi connectivity index (χ2n) is 1.67.